The Bertz CT molecular complexity index is 1280. The molecule has 1 saturated heterocycles. The number of aryl methyl sites for hydroxylation is 1. The van der Waals surface area contributed by atoms with Gasteiger partial charge in [0.15, 0.2) is 0 Å². The van der Waals surface area contributed by atoms with E-state index in [1.54, 1.807) is 24.3 Å². The van der Waals surface area contributed by atoms with Crippen molar-refractivity contribution < 1.29 is 18.7 Å². The lowest BCUT2D eigenvalue weighted by Crippen LogP contribution is -2.46. The first-order valence-electron chi connectivity index (χ1n) is 11.9. The second kappa shape index (κ2) is 11.5. The van der Waals surface area contributed by atoms with E-state index in [2.05, 4.69) is 22.0 Å². The van der Waals surface area contributed by atoms with Gasteiger partial charge in [0, 0.05) is 42.8 Å². The van der Waals surface area contributed by atoms with Crippen LogP contribution in [0.5, 0.6) is 0 Å². The van der Waals surface area contributed by atoms with Gasteiger partial charge in [0.2, 0.25) is 5.91 Å². The summed E-state index contributed by atoms with van der Waals surface area (Å²) in [6.07, 6.45) is 3.02. The maximum atomic E-state index is 12.8. The van der Waals surface area contributed by atoms with Crippen molar-refractivity contribution in [1.82, 2.24) is 4.90 Å². The van der Waals surface area contributed by atoms with Crippen molar-refractivity contribution in [2.75, 3.05) is 50.1 Å². The molecule has 0 bridgehead atoms. The van der Waals surface area contributed by atoms with Crippen LogP contribution < -0.4 is 10.2 Å². The summed E-state index contributed by atoms with van der Waals surface area (Å²) < 4.78 is 10.7. The Morgan fingerprint density at radius 2 is 1.86 bits per heavy atom. The molecule has 36 heavy (non-hydrogen) atoms. The zero-order chi connectivity index (χ0) is 25.7. The number of hydrogen-bond acceptors (Lipinski definition) is 6. The quantitative estimate of drug-likeness (QED) is 0.337. The molecule has 1 aromatic heterocycles. The number of nitrogens with zero attached hydrogens (tertiary/aromatic N) is 2. The third-order valence-electron chi connectivity index (χ3n) is 6.32. The van der Waals surface area contributed by atoms with E-state index in [-0.39, 0.29) is 5.91 Å². The fraction of sp³-hybridized carbons (Fsp3) is 0.286. The zero-order valence-electron chi connectivity index (χ0n) is 20.7. The zero-order valence-corrected chi connectivity index (χ0v) is 21.5. The van der Waals surface area contributed by atoms with E-state index in [1.165, 1.54) is 13.2 Å². The normalized spacial score (nSPS) is 14.3. The molecule has 4 rings (SSSR count). The Labute approximate surface area is 216 Å². The van der Waals surface area contributed by atoms with Gasteiger partial charge in [-0.3, -0.25) is 4.79 Å². The SMILES string of the molecule is CCN1CCN(c2ccc(C(=O)OC)cc2NC(=O)C=Cc2ccc(-c3ccc(C)c(Cl)c3)o2)CC1. The maximum Gasteiger partial charge on any atom is 0.337 e. The molecule has 3 aromatic rings. The molecule has 0 saturated carbocycles. The van der Waals surface area contributed by atoms with E-state index in [0.717, 1.165) is 49.5 Å². The molecule has 1 aliphatic heterocycles. The van der Waals surface area contributed by atoms with Crippen LogP contribution in [0.2, 0.25) is 5.02 Å². The number of hydrogen-bond donors (Lipinski definition) is 1. The number of benzene rings is 2. The van der Waals surface area contributed by atoms with E-state index < -0.39 is 5.97 Å². The summed E-state index contributed by atoms with van der Waals surface area (Å²) in [7, 11) is 1.34. The minimum absolute atomic E-state index is 0.332. The van der Waals surface area contributed by atoms with Gasteiger partial charge in [-0.1, -0.05) is 30.7 Å². The molecule has 1 aliphatic rings. The maximum absolute atomic E-state index is 12.8. The highest BCUT2D eigenvalue weighted by atomic mass is 35.5. The molecule has 0 radical (unpaired) electrons. The summed E-state index contributed by atoms with van der Waals surface area (Å²) in [6, 6.07) is 14.6. The number of halogens is 1. The van der Waals surface area contributed by atoms with Crippen molar-refractivity contribution in [3.8, 4) is 11.3 Å². The van der Waals surface area contributed by atoms with Crippen molar-refractivity contribution in [2.24, 2.45) is 0 Å². The number of amides is 1. The molecule has 188 valence electrons. The Morgan fingerprint density at radius 3 is 2.56 bits per heavy atom. The van der Waals surface area contributed by atoms with Gasteiger partial charge in [-0.15, -0.1) is 0 Å². The Balaban J connectivity index is 1.50. The molecule has 0 aliphatic carbocycles. The second-order valence-corrected chi connectivity index (χ2v) is 9.04. The summed E-state index contributed by atoms with van der Waals surface area (Å²) in [6.45, 7) is 8.65. The third kappa shape index (κ3) is 5.98. The molecule has 1 fully saturated rings. The molecule has 2 heterocycles. The lowest BCUT2D eigenvalue weighted by atomic mass is 10.1. The molecule has 8 heteroatoms. The lowest BCUT2D eigenvalue weighted by Gasteiger charge is -2.36. The smallest absolute Gasteiger partial charge is 0.337 e. The van der Waals surface area contributed by atoms with E-state index in [0.29, 0.717) is 27.8 Å². The number of likely N-dealkylation sites (N-methyl/N-ethyl adjacent to an activating group) is 1. The van der Waals surface area contributed by atoms with Gasteiger partial charge in [0.1, 0.15) is 11.5 Å². The summed E-state index contributed by atoms with van der Waals surface area (Å²) in [4.78, 5) is 29.5. The third-order valence-corrected chi connectivity index (χ3v) is 6.73. The van der Waals surface area contributed by atoms with Gasteiger partial charge < -0.3 is 24.3 Å². The number of carbonyl (C=O) groups excluding carboxylic acids is 2. The summed E-state index contributed by atoms with van der Waals surface area (Å²) >= 11 is 6.23. The topological polar surface area (TPSA) is 75.0 Å². The van der Waals surface area contributed by atoms with Crippen LogP contribution in [-0.4, -0.2) is 56.6 Å². The van der Waals surface area contributed by atoms with Crippen LogP contribution >= 0.6 is 11.6 Å². The minimum atomic E-state index is -0.456. The fourth-order valence-corrected chi connectivity index (χ4v) is 4.32. The molecule has 1 N–H and O–H groups in total. The van der Waals surface area contributed by atoms with Crippen molar-refractivity contribution in [3.63, 3.8) is 0 Å². The largest absolute Gasteiger partial charge is 0.465 e. The van der Waals surface area contributed by atoms with Crippen molar-refractivity contribution in [2.45, 2.75) is 13.8 Å². The second-order valence-electron chi connectivity index (χ2n) is 8.63. The summed E-state index contributed by atoms with van der Waals surface area (Å²) in [5, 5.41) is 3.59. The van der Waals surface area contributed by atoms with Crippen LogP contribution in [-0.2, 0) is 9.53 Å². The fourth-order valence-electron chi connectivity index (χ4n) is 4.14. The van der Waals surface area contributed by atoms with Gasteiger partial charge >= 0.3 is 5.97 Å². The van der Waals surface area contributed by atoms with Crippen LogP contribution in [0, 0.1) is 6.92 Å². The van der Waals surface area contributed by atoms with Crippen molar-refractivity contribution in [3.05, 3.63) is 76.5 Å². The Hall–Kier alpha value is -3.55. The number of esters is 1. The average Bonchev–Trinajstić information content (AvgIpc) is 3.38. The highest BCUT2D eigenvalue weighted by molar-refractivity contribution is 6.31. The van der Waals surface area contributed by atoms with Gasteiger partial charge in [-0.05, 0) is 61.5 Å². The number of nitrogens with one attached hydrogen (secondary N) is 1. The van der Waals surface area contributed by atoms with Crippen LogP contribution in [0.25, 0.3) is 17.4 Å². The molecule has 0 spiro atoms. The number of methoxy groups -OCH3 is 1. The molecule has 0 atom stereocenters. The van der Waals surface area contributed by atoms with Gasteiger partial charge in [0.05, 0.1) is 24.0 Å². The number of piperazine rings is 1. The standard InChI is InChI=1S/C28H30ClN3O4/c1-4-31-13-15-32(16-14-31)25-10-7-21(28(34)35-3)18-24(25)30-27(33)12-9-22-8-11-26(36-22)20-6-5-19(2)23(29)17-20/h5-12,17-18H,4,13-16H2,1-3H3,(H,30,33). The predicted molar refractivity (Wildman–Crippen MR) is 144 cm³/mol. The number of rotatable bonds is 7. The van der Waals surface area contributed by atoms with Crippen molar-refractivity contribution >= 4 is 40.9 Å². The van der Waals surface area contributed by atoms with E-state index >= 15 is 0 Å². The molecule has 0 unspecified atom stereocenters. The lowest BCUT2D eigenvalue weighted by molar-refractivity contribution is -0.111. The highest BCUT2D eigenvalue weighted by Gasteiger charge is 2.20. The van der Waals surface area contributed by atoms with Gasteiger partial charge in [-0.2, -0.15) is 0 Å². The number of carbonyl (C=O) groups is 2. The van der Waals surface area contributed by atoms with Crippen LogP contribution in [0.1, 0.15) is 28.6 Å². The minimum Gasteiger partial charge on any atom is -0.465 e. The molecular weight excluding hydrogens is 478 g/mol. The molecular formula is C28H30ClN3O4. The molecule has 1 amide bonds. The van der Waals surface area contributed by atoms with Crippen LogP contribution in [0.3, 0.4) is 0 Å². The molecule has 7 nitrogen and oxygen atoms in total. The van der Waals surface area contributed by atoms with E-state index in [4.69, 9.17) is 20.8 Å². The Morgan fingerprint density at radius 1 is 1.08 bits per heavy atom. The highest BCUT2D eigenvalue weighted by Crippen LogP contribution is 2.30. The van der Waals surface area contributed by atoms with Crippen LogP contribution in [0.4, 0.5) is 11.4 Å². The average molecular weight is 508 g/mol. The first-order valence-corrected chi connectivity index (χ1v) is 12.3. The summed E-state index contributed by atoms with van der Waals surface area (Å²) in [5.41, 5.74) is 3.66. The summed E-state index contributed by atoms with van der Waals surface area (Å²) in [5.74, 6) is 0.414. The first-order chi connectivity index (χ1) is 17.4. The van der Waals surface area contributed by atoms with Crippen molar-refractivity contribution in [1.29, 1.82) is 0 Å². The van der Waals surface area contributed by atoms with Crippen LogP contribution in [0.15, 0.2) is 59.0 Å². The van der Waals surface area contributed by atoms with E-state index in [1.807, 2.05) is 37.3 Å². The number of furan rings is 1. The van der Waals surface area contributed by atoms with E-state index in [9.17, 15) is 9.59 Å². The molecule has 2 aromatic carbocycles. The monoisotopic (exact) mass is 507 g/mol. The van der Waals surface area contributed by atoms with Gasteiger partial charge in [0.25, 0.3) is 0 Å². The number of ether oxygens (including phenoxy) is 1. The van der Waals surface area contributed by atoms with Gasteiger partial charge in [-0.25, -0.2) is 4.79 Å². The number of anilines is 2. The predicted octanol–water partition coefficient (Wildman–Crippen LogP) is 5.49. The first kappa shape index (κ1) is 25.5. The Kier molecular flexibility index (Phi) is 8.13.